The van der Waals surface area contributed by atoms with E-state index in [4.69, 9.17) is 0 Å². The van der Waals surface area contributed by atoms with Gasteiger partial charge in [0, 0.05) is 20.0 Å². The van der Waals surface area contributed by atoms with Crippen LogP contribution in [0.5, 0.6) is 0 Å². The number of nitrogens with one attached hydrogen (secondary N) is 3. The number of rotatable bonds is 7. The maximum atomic E-state index is 12.2. The number of nitrogens with zero attached hydrogens (tertiary/aromatic N) is 3. The molecule has 0 spiro atoms. The third kappa shape index (κ3) is 3.98. The average molecular weight is 396 g/mol. The summed E-state index contributed by atoms with van der Waals surface area (Å²) in [6, 6.07) is 7.28. The number of amides is 1. The number of aryl methyl sites for hydroxylation is 1. The van der Waals surface area contributed by atoms with E-state index in [2.05, 4.69) is 25.2 Å². The number of aromatic amines is 1. The highest BCUT2D eigenvalue weighted by molar-refractivity contribution is 7.91. The fraction of sp³-hybridized carbons (Fsp3) is 0.286. The molecular weight excluding hydrogens is 380 g/mol. The van der Waals surface area contributed by atoms with Gasteiger partial charge >= 0.3 is 5.69 Å². The Morgan fingerprint density at radius 2 is 2.08 bits per heavy atom. The van der Waals surface area contributed by atoms with Crippen molar-refractivity contribution in [2.45, 2.75) is 24.2 Å². The molecule has 0 bridgehead atoms. The van der Waals surface area contributed by atoms with Gasteiger partial charge in [-0.1, -0.05) is 23.5 Å². The number of para-hydroxylation sites is 2. The highest BCUT2D eigenvalue weighted by Crippen LogP contribution is 2.19. The molecule has 3 rings (SSSR count). The summed E-state index contributed by atoms with van der Waals surface area (Å²) in [5, 5.41) is 9.67. The van der Waals surface area contributed by atoms with Gasteiger partial charge in [-0.05, 0) is 18.6 Å². The van der Waals surface area contributed by atoms with Crippen LogP contribution in [0.4, 0.5) is 5.13 Å². The molecule has 0 aliphatic heterocycles. The number of hydrogen-bond acceptors (Lipinski definition) is 7. The molecule has 26 heavy (non-hydrogen) atoms. The largest absolute Gasteiger partial charge is 0.326 e. The first-order valence-electron chi connectivity index (χ1n) is 7.65. The molecule has 3 N–H and O–H groups in total. The summed E-state index contributed by atoms with van der Waals surface area (Å²) in [7, 11) is -3.82. The van der Waals surface area contributed by atoms with Crippen LogP contribution in [0.2, 0.25) is 0 Å². The van der Waals surface area contributed by atoms with Gasteiger partial charge in [0.1, 0.15) is 0 Å². The molecule has 2 heterocycles. The van der Waals surface area contributed by atoms with Crippen molar-refractivity contribution in [3.63, 3.8) is 0 Å². The lowest BCUT2D eigenvalue weighted by Gasteiger charge is -2.05. The second-order valence-corrected chi connectivity index (χ2v) is 8.32. The third-order valence-corrected chi connectivity index (χ3v) is 6.12. The molecule has 1 aromatic carbocycles. The topological polar surface area (TPSA) is 139 Å². The average Bonchev–Trinajstić information content (AvgIpc) is 3.16. The zero-order valence-corrected chi connectivity index (χ0v) is 15.4. The van der Waals surface area contributed by atoms with Crippen LogP contribution in [0.15, 0.2) is 33.4 Å². The summed E-state index contributed by atoms with van der Waals surface area (Å²) in [5.41, 5.74) is 1.26. The van der Waals surface area contributed by atoms with E-state index in [9.17, 15) is 18.0 Å². The maximum Gasteiger partial charge on any atom is 0.326 e. The van der Waals surface area contributed by atoms with E-state index >= 15 is 0 Å². The normalized spacial score (nSPS) is 11.7. The van der Waals surface area contributed by atoms with Gasteiger partial charge in [0.25, 0.3) is 10.0 Å². The van der Waals surface area contributed by atoms with Crippen molar-refractivity contribution in [2.75, 3.05) is 11.9 Å². The van der Waals surface area contributed by atoms with Crippen molar-refractivity contribution in [3.05, 3.63) is 34.7 Å². The third-order valence-electron chi connectivity index (χ3n) is 3.45. The lowest BCUT2D eigenvalue weighted by atomic mass is 10.3. The van der Waals surface area contributed by atoms with Crippen LogP contribution in [0.1, 0.15) is 13.3 Å². The number of hydrogen-bond donors (Lipinski definition) is 3. The highest BCUT2D eigenvalue weighted by Gasteiger charge is 2.20. The van der Waals surface area contributed by atoms with Crippen molar-refractivity contribution in [2.24, 2.45) is 0 Å². The SMILES string of the molecule is CC(=O)Nc1nnc(S(=O)(=O)NCCCn2c(=O)[nH]c3ccccc32)s1. The van der Waals surface area contributed by atoms with Gasteiger partial charge in [0.2, 0.25) is 15.4 Å². The molecule has 138 valence electrons. The number of imidazole rings is 1. The van der Waals surface area contributed by atoms with Crippen LogP contribution < -0.4 is 15.7 Å². The molecule has 3 aromatic rings. The lowest BCUT2D eigenvalue weighted by Crippen LogP contribution is -2.26. The fourth-order valence-corrected chi connectivity index (χ4v) is 4.41. The first kappa shape index (κ1) is 18.2. The van der Waals surface area contributed by atoms with Gasteiger partial charge in [0.05, 0.1) is 11.0 Å². The van der Waals surface area contributed by atoms with E-state index in [0.29, 0.717) is 13.0 Å². The fourth-order valence-electron chi connectivity index (χ4n) is 2.35. The quantitative estimate of drug-likeness (QED) is 0.393. The number of carbonyl (C=O) groups excluding carboxylic acids is 1. The molecule has 1 amide bonds. The van der Waals surface area contributed by atoms with Crippen molar-refractivity contribution >= 4 is 43.4 Å². The monoisotopic (exact) mass is 396 g/mol. The minimum Gasteiger partial charge on any atom is -0.306 e. The summed E-state index contributed by atoms with van der Waals surface area (Å²) in [6.45, 7) is 1.78. The molecule has 0 fully saturated rings. The van der Waals surface area contributed by atoms with Crippen LogP contribution in [-0.4, -0.2) is 40.6 Å². The van der Waals surface area contributed by atoms with Crippen molar-refractivity contribution < 1.29 is 13.2 Å². The Hall–Kier alpha value is -2.57. The molecule has 0 saturated carbocycles. The number of H-pyrrole nitrogens is 1. The molecule has 0 unspecified atom stereocenters. The Morgan fingerprint density at radius 3 is 2.85 bits per heavy atom. The minimum absolute atomic E-state index is 0.114. The first-order chi connectivity index (χ1) is 12.4. The number of carbonyl (C=O) groups is 1. The second kappa shape index (κ2) is 7.35. The molecule has 10 nitrogen and oxygen atoms in total. The van der Waals surface area contributed by atoms with Gasteiger partial charge in [-0.25, -0.2) is 17.9 Å². The summed E-state index contributed by atoms with van der Waals surface area (Å²) in [4.78, 5) is 25.7. The number of anilines is 1. The zero-order valence-electron chi connectivity index (χ0n) is 13.7. The summed E-state index contributed by atoms with van der Waals surface area (Å²) >= 11 is 0.763. The first-order valence-corrected chi connectivity index (χ1v) is 9.95. The number of aromatic nitrogens is 4. The van der Waals surface area contributed by atoms with Crippen LogP contribution in [0.3, 0.4) is 0 Å². The number of sulfonamides is 1. The van der Waals surface area contributed by atoms with Gasteiger partial charge in [-0.2, -0.15) is 0 Å². The molecule has 0 radical (unpaired) electrons. The van der Waals surface area contributed by atoms with Gasteiger partial charge in [0.15, 0.2) is 0 Å². The van der Waals surface area contributed by atoms with E-state index in [1.807, 2.05) is 18.2 Å². The highest BCUT2D eigenvalue weighted by atomic mass is 32.2. The van der Waals surface area contributed by atoms with E-state index in [-0.39, 0.29) is 27.6 Å². The van der Waals surface area contributed by atoms with Crippen LogP contribution in [-0.2, 0) is 21.4 Å². The zero-order chi connectivity index (χ0) is 18.7. The Kier molecular flexibility index (Phi) is 5.15. The predicted octanol–water partition coefficient (Wildman–Crippen LogP) is 0.508. The molecule has 12 heteroatoms. The van der Waals surface area contributed by atoms with Crippen LogP contribution in [0.25, 0.3) is 11.0 Å². The number of benzene rings is 1. The van der Waals surface area contributed by atoms with E-state index in [0.717, 1.165) is 22.4 Å². The van der Waals surface area contributed by atoms with E-state index in [1.54, 1.807) is 10.6 Å². The minimum atomic E-state index is -3.82. The summed E-state index contributed by atoms with van der Waals surface area (Å²) in [5.74, 6) is -0.359. The van der Waals surface area contributed by atoms with Crippen LogP contribution >= 0.6 is 11.3 Å². The second-order valence-electron chi connectivity index (χ2n) is 5.40. The van der Waals surface area contributed by atoms with E-state index in [1.165, 1.54) is 6.92 Å². The van der Waals surface area contributed by atoms with Gasteiger partial charge < -0.3 is 10.3 Å². The van der Waals surface area contributed by atoms with Gasteiger partial charge in [-0.3, -0.25) is 9.36 Å². The molecule has 0 aliphatic carbocycles. The Labute approximate surface area is 152 Å². The molecular formula is C14H16N6O4S2. The lowest BCUT2D eigenvalue weighted by molar-refractivity contribution is -0.114. The summed E-state index contributed by atoms with van der Waals surface area (Å²) in [6.07, 6.45) is 0.415. The number of fused-ring (bicyclic) bond motifs is 1. The summed E-state index contributed by atoms with van der Waals surface area (Å²) < 4.78 is 28.1. The molecule has 0 atom stereocenters. The Morgan fingerprint density at radius 1 is 1.31 bits per heavy atom. The van der Waals surface area contributed by atoms with Crippen molar-refractivity contribution in [3.8, 4) is 0 Å². The maximum absolute atomic E-state index is 12.2. The predicted molar refractivity (Wildman–Crippen MR) is 96.6 cm³/mol. The van der Waals surface area contributed by atoms with Crippen molar-refractivity contribution in [1.82, 2.24) is 24.5 Å². The molecule has 0 saturated heterocycles. The molecule has 2 aromatic heterocycles. The Bertz CT molecular complexity index is 1100. The van der Waals surface area contributed by atoms with Crippen molar-refractivity contribution in [1.29, 1.82) is 0 Å². The van der Waals surface area contributed by atoms with Crippen LogP contribution in [0, 0.1) is 0 Å². The Balaban J connectivity index is 1.60. The smallest absolute Gasteiger partial charge is 0.306 e. The molecule has 0 aliphatic rings. The van der Waals surface area contributed by atoms with Gasteiger partial charge in [-0.15, -0.1) is 10.2 Å². The van der Waals surface area contributed by atoms with E-state index < -0.39 is 10.0 Å². The standard InChI is InChI=1S/C14H16N6O4S2/c1-9(21)16-12-18-19-14(25-12)26(23,24)15-7-4-8-20-11-6-3-2-5-10(11)17-13(20)22/h2-3,5-6,15H,4,7-8H2,1H3,(H,17,22)(H,16,18,21).